The minimum atomic E-state index is 0.101. The Hall–Kier alpha value is -1.55. The monoisotopic (exact) mass is 250 g/mol. The van der Waals surface area contributed by atoms with Gasteiger partial charge in [-0.2, -0.15) is 0 Å². The molecule has 0 heterocycles. The molecular weight excluding hydrogens is 228 g/mol. The molecule has 0 bridgehead atoms. The van der Waals surface area contributed by atoms with Gasteiger partial charge < -0.3 is 15.4 Å². The highest BCUT2D eigenvalue weighted by molar-refractivity contribution is 5.92. The zero-order valence-electron chi connectivity index (χ0n) is 11.3. The number of methoxy groups -OCH3 is 1. The topological polar surface area (TPSA) is 55.6 Å². The largest absolute Gasteiger partial charge is 0.497 e. The maximum Gasteiger partial charge on any atom is 0.226 e. The van der Waals surface area contributed by atoms with Crippen LogP contribution in [0.15, 0.2) is 24.3 Å². The molecule has 0 radical (unpaired) electrons. The number of carbonyl (C=O) groups is 1. The molecule has 1 unspecified atom stereocenters. The van der Waals surface area contributed by atoms with E-state index in [0.29, 0.717) is 6.42 Å². The second-order valence-corrected chi connectivity index (χ2v) is 4.52. The molecule has 1 aromatic carbocycles. The highest BCUT2D eigenvalue weighted by Crippen LogP contribution is 2.20. The molecule has 4 nitrogen and oxygen atoms in total. The average Bonchev–Trinajstić information content (AvgIpc) is 2.37. The predicted octanol–water partition coefficient (Wildman–Crippen LogP) is 2.18. The van der Waals surface area contributed by atoms with Crippen molar-refractivity contribution in [1.82, 2.24) is 0 Å². The van der Waals surface area contributed by atoms with Crippen LogP contribution in [0.1, 0.15) is 26.2 Å². The Morgan fingerprint density at radius 3 is 2.83 bits per heavy atom. The zero-order chi connectivity index (χ0) is 13.5. The van der Waals surface area contributed by atoms with Gasteiger partial charge in [-0.15, -0.1) is 0 Å². The van der Waals surface area contributed by atoms with Crippen LogP contribution in [-0.4, -0.2) is 26.1 Å². The molecule has 1 amide bonds. The number of rotatable bonds is 6. The van der Waals surface area contributed by atoms with E-state index in [4.69, 9.17) is 10.5 Å². The Morgan fingerprint density at radius 1 is 1.50 bits per heavy atom. The third-order valence-electron chi connectivity index (χ3n) is 2.86. The van der Waals surface area contributed by atoms with Gasteiger partial charge in [0.15, 0.2) is 0 Å². The third-order valence-corrected chi connectivity index (χ3v) is 2.86. The summed E-state index contributed by atoms with van der Waals surface area (Å²) in [6, 6.07) is 7.63. The summed E-state index contributed by atoms with van der Waals surface area (Å²) >= 11 is 0. The number of hydrogen-bond acceptors (Lipinski definition) is 3. The van der Waals surface area contributed by atoms with Crippen LogP contribution in [0.25, 0.3) is 0 Å². The second kappa shape index (κ2) is 7.01. The molecule has 1 rings (SSSR count). The normalized spacial score (nSPS) is 12.0. The zero-order valence-corrected chi connectivity index (χ0v) is 11.3. The van der Waals surface area contributed by atoms with Crippen molar-refractivity contribution in [3.8, 4) is 5.75 Å². The van der Waals surface area contributed by atoms with E-state index in [1.54, 1.807) is 19.1 Å². The average molecular weight is 250 g/mol. The van der Waals surface area contributed by atoms with Gasteiger partial charge in [-0.1, -0.05) is 6.07 Å². The maximum absolute atomic E-state index is 12.0. The molecular formula is C14H22N2O2. The second-order valence-electron chi connectivity index (χ2n) is 4.52. The summed E-state index contributed by atoms with van der Waals surface area (Å²) in [4.78, 5) is 13.6. The fourth-order valence-electron chi connectivity index (χ4n) is 1.71. The summed E-state index contributed by atoms with van der Waals surface area (Å²) in [5.41, 5.74) is 6.51. The Labute approximate surface area is 109 Å². The molecule has 4 heteroatoms. The van der Waals surface area contributed by atoms with Crippen LogP contribution in [0.4, 0.5) is 5.69 Å². The van der Waals surface area contributed by atoms with E-state index in [1.165, 1.54) is 0 Å². The first-order valence-electron chi connectivity index (χ1n) is 6.20. The molecule has 0 saturated carbocycles. The minimum absolute atomic E-state index is 0.101. The van der Waals surface area contributed by atoms with Gasteiger partial charge in [-0.25, -0.2) is 0 Å². The number of nitrogens with two attached hydrogens (primary N) is 1. The molecule has 0 aliphatic carbocycles. The van der Waals surface area contributed by atoms with E-state index < -0.39 is 0 Å². The van der Waals surface area contributed by atoms with Crippen LogP contribution >= 0.6 is 0 Å². The number of hydrogen-bond donors (Lipinski definition) is 1. The number of nitrogens with zero attached hydrogens (tertiary/aromatic N) is 1. The molecule has 0 aromatic heterocycles. The van der Waals surface area contributed by atoms with E-state index in [1.807, 2.05) is 31.2 Å². The van der Waals surface area contributed by atoms with Gasteiger partial charge >= 0.3 is 0 Å². The van der Waals surface area contributed by atoms with Crippen LogP contribution in [0, 0.1) is 0 Å². The Morgan fingerprint density at radius 2 is 2.22 bits per heavy atom. The Kier molecular flexibility index (Phi) is 5.65. The van der Waals surface area contributed by atoms with Crippen LogP contribution in [0.2, 0.25) is 0 Å². The maximum atomic E-state index is 12.0. The summed E-state index contributed by atoms with van der Waals surface area (Å²) in [6.45, 7) is 1.95. The van der Waals surface area contributed by atoms with Crippen molar-refractivity contribution in [3.05, 3.63) is 24.3 Å². The molecule has 18 heavy (non-hydrogen) atoms. The predicted molar refractivity (Wildman–Crippen MR) is 73.9 cm³/mol. The number of benzene rings is 1. The summed E-state index contributed by atoms with van der Waals surface area (Å²) in [5.74, 6) is 0.853. The standard InChI is InChI=1S/C14H22N2O2/c1-11(15)6-4-9-14(17)16(2)12-7-5-8-13(10-12)18-3/h5,7-8,10-11H,4,6,9,15H2,1-3H3. The van der Waals surface area contributed by atoms with E-state index in [9.17, 15) is 4.79 Å². The van der Waals surface area contributed by atoms with E-state index in [-0.39, 0.29) is 11.9 Å². The lowest BCUT2D eigenvalue weighted by Crippen LogP contribution is -2.26. The first-order valence-corrected chi connectivity index (χ1v) is 6.20. The molecule has 1 aromatic rings. The smallest absolute Gasteiger partial charge is 0.226 e. The number of amides is 1. The summed E-state index contributed by atoms with van der Waals surface area (Å²) in [7, 11) is 3.40. The van der Waals surface area contributed by atoms with Crippen molar-refractivity contribution >= 4 is 11.6 Å². The van der Waals surface area contributed by atoms with Gasteiger partial charge in [0.05, 0.1) is 7.11 Å². The van der Waals surface area contributed by atoms with Gasteiger partial charge in [0.25, 0.3) is 0 Å². The van der Waals surface area contributed by atoms with Crippen LogP contribution < -0.4 is 15.4 Å². The van der Waals surface area contributed by atoms with Crippen molar-refractivity contribution in [1.29, 1.82) is 0 Å². The number of anilines is 1. The quantitative estimate of drug-likeness (QED) is 0.842. The minimum Gasteiger partial charge on any atom is -0.497 e. The molecule has 0 aliphatic rings. The van der Waals surface area contributed by atoms with Crippen molar-refractivity contribution in [2.24, 2.45) is 5.73 Å². The first kappa shape index (κ1) is 14.5. The Balaban J connectivity index is 2.56. The molecule has 0 saturated heterocycles. The van der Waals surface area contributed by atoms with Crippen LogP contribution in [0.3, 0.4) is 0 Å². The number of carbonyl (C=O) groups excluding carboxylic acids is 1. The summed E-state index contributed by atoms with van der Waals surface area (Å²) in [6.07, 6.45) is 2.22. The first-order chi connectivity index (χ1) is 8.54. The highest BCUT2D eigenvalue weighted by atomic mass is 16.5. The van der Waals surface area contributed by atoms with Gasteiger partial charge in [0, 0.05) is 31.3 Å². The SMILES string of the molecule is COc1cccc(N(C)C(=O)CCCC(C)N)c1. The fourth-order valence-corrected chi connectivity index (χ4v) is 1.71. The van der Waals surface area contributed by atoms with E-state index >= 15 is 0 Å². The lowest BCUT2D eigenvalue weighted by Gasteiger charge is -2.18. The van der Waals surface area contributed by atoms with Crippen LogP contribution in [-0.2, 0) is 4.79 Å². The number of ether oxygens (including phenoxy) is 1. The lowest BCUT2D eigenvalue weighted by molar-refractivity contribution is -0.118. The van der Waals surface area contributed by atoms with Crippen molar-refractivity contribution in [3.63, 3.8) is 0 Å². The van der Waals surface area contributed by atoms with Crippen molar-refractivity contribution < 1.29 is 9.53 Å². The molecule has 0 aliphatic heterocycles. The van der Waals surface area contributed by atoms with E-state index in [0.717, 1.165) is 24.3 Å². The van der Waals surface area contributed by atoms with Gasteiger partial charge in [0.2, 0.25) is 5.91 Å². The van der Waals surface area contributed by atoms with Crippen molar-refractivity contribution in [2.75, 3.05) is 19.1 Å². The Bertz CT molecular complexity index is 391. The molecule has 2 N–H and O–H groups in total. The van der Waals surface area contributed by atoms with Gasteiger partial charge in [-0.3, -0.25) is 4.79 Å². The van der Waals surface area contributed by atoms with Crippen LogP contribution in [0.5, 0.6) is 5.75 Å². The molecule has 1 atom stereocenters. The highest BCUT2D eigenvalue weighted by Gasteiger charge is 2.11. The lowest BCUT2D eigenvalue weighted by atomic mass is 10.1. The fraction of sp³-hybridized carbons (Fsp3) is 0.500. The van der Waals surface area contributed by atoms with E-state index in [2.05, 4.69) is 0 Å². The van der Waals surface area contributed by atoms with Gasteiger partial charge in [-0.05, 0) is 31.9 Å². The summed E-state index contributed by atoms with van der Waals surface area (Å²) in [5, 5.41) is 0. The van der Waals surface area contributed by atoms with Gasteiger partial charge in [0.1, 0.15) is 5.75 Å². The summed E-state index contributed by atoms with van der Waals surface area (Å²) < 4.78 is 5.14. The molecule has 0 fully saturated rings. The molecule has 100 valence electrons. The third kappa shape index (κ3) is 4.37. The molecule has 0 spiro atoms. The van der Waals surface area contributed by atoms with Crippen molar-refractivity contribution in [2.45, 2.75) is 32.2 Å².